The zero-order valence-electron chi connectivity index (χ0n) is 16.3. The van der Waals surface area contributed by atoms with Crippen molar-refractivity contribution in [3.05, 3.63) is 0 Å². The van der Waals surface area contributed by atoms with Gasteiger partial charge in [0, 0.05) is 6.61 Å². The van der Waals surface area contributed by atoms with E-state index in [1.807, 2.05) is 0 Å². The molecule has 134 valence electrons. The summed E-state index contributed by atoms with van der Waals surface area (Å²) in [6, 6.07) is 1.37. The number of rotatable bonds is 15. The maximum Gasteiger partial charge on any atom is 0.162 e. The van der Waals surface area contributed by atoms with Gasteiger partial charge in [-0.1, -0.05) is 26.7 Å². The van der Waals surface area contributed by atoms with Crippen LogP contribution in [0, 0.1) is 5.41 Å². The quantitative estimate of drug-likeness (QED) is 0.338. The molecular formula is C18H42N2OSi. The summed E-state index contributed by atoms with van der Waals surface area (Å²) >= 11 is 0. The Labute approximate surface area is 142 Å². The second-order valence-corrected chi connectivity index (χ2v) is 8.70. The largest absolute Gasteiger partial charge is 0.424 e. The lowest BCUT2D eigenvalue weighted by molar-refractivity contribution is 0.212. The van der Waals surface area contributed by atoms with E-state index in [1.165, 1.54) is 64.1 Å². The molecule has 0 unspecified atom stereocenters. The van der Waals surface area contributed by atoms with Crippen molar-refractivity contribution in [1.29, 1.82) is 0 Å². The molecule has 0 atom stereocenters. The summed E-state index contributed by atoms with van der Waals surface area (Å²) in [5, 5.41) is 0. The van der Waals surface area contributed by atoms with Crippen molar-refractivity contribution in [3.8, 4) is 0 Å². The van der Waals surface area contributed by atoms with E-state index in [0.29, 0.717) is 5.41 Å². The molecule has 4 heteroatoms. The molecule has 0 saturated heterocycles. The fourth-order valence-electron chi connectivity index (χ4n) is 3.08. The van der Waals surface area contributed by atoms with Crippen LogP contribution in [0.2, 0.25) is 6.04 Å². The molecule has 22 heavy (non-hydrogen) atoms. The molecule has 0 aromatic carbocycles. The van der Waals surface area contributed by atoms with Crippen LogP contribution in [0.15, 0.2) is 0 Å². The second-order valence-electron chi connectivity index (χ2n) is 7.38. The molecule has 3 nitrogen and oxygen atoms in total. The molecule has 0 heterocycles. The van der Waals surface area contributed by atoms with Gasteiger partial charge < -0.3 is 14.2 Å². The van der Waals surface area contributed by atoms with Crippen molar-refractivity contribution in [2.75, 3.05) is 47.9 Å². The maximum absolute atomic E-state index is 6.00. The molecule has 0 spiro atoms. The lowest BCUT2D eigenvalue weighted by Crippen LogP contribution is -2.26. The summed E-state index contributed by atoms with van der Waals surface area (Å²) in [4.78, 5) is 4.63. The minimum atomic E-state index is -0.346. The molecule has 0 bridgehead atoms. The maximum atomic E-state index is 6.00. The molecule has 0 aliphatic heterocycles. The highest BCUT2D eigenvalue weighted by molar-refractivity contribution is 6.27. The molecule has 0 saturated carbocycles. The fraction of sp³-hybridized carbons (Fsp3) is 1.00. The molecule has 0 aromatic rings. The molecule has 0 N–H and O–H groups in total. The van der Waals surface area contributed by atoms with Crippen LogP contribution in [-0.2, 0) is 4.43 Å². The van der Waals surface area contributed by atoms with Crippen molar-refractivity contribution < 1.29 is 4.43 Å². The summed E-state index contributed by atoms with van der Waals surface area (Å²) in [6.45, 7) is 8.06. The number of unbranched alkanes of at least 4 members (excludes halogenated alkanes) is 1. The first-order valence-corrected chi connectivity index (χ1v) is 10.9. The lowest BCUT2D eigenvalue weighted by atomic mass is 9.78. The first kappa shape index (κ1) is 22.1. The predicted octanol–water partition coefficient (Wildman–Crippen LogP) is 3.39. The normalized spacial score (nSPS) is 13.1. The third-order valence-corrected chi connectivity index (χ3v) is 6.64. The topological polar surface area (TPSA) is 15.7 Å². The molecule has 0 aliphatic rings. The van der Waals surface area contributed by atoms with Gasteiger partial charge in [-0.15, -0.1) is 0 Å². The molecule has 0 radical (unpaired) electrons. The molecule has 0 rings (SSSR count). The zero-order valence-corrected chi connectivity index (χ0v) is 17.7. The average Bonchev–Trinajstić information content (AvgIpc) is 2.45. The first-order chi connectivity index (χ1) is 10.5. The Morgan fingerprint density at radius 3 is 1.82 bits per heavy atom. The fourth-order valence-corrected chi connectivity index (χ4v) is 4.92. The average molecular weight is 331 g/mol. The minimum absolute atomic E-state index is 0.346. The Hall–Kier alpha value is 0.0969. The van der Waals surface area contributed by atoms with Crippen molar-refractivity contribution in [3.63, 3.8) is 0 Å². The molecule has 0 aromatic heterocycles. The van der Waals surface area contributed by atoms with Crippen LogP contribution in [0.4, 0.5) is 0 Å². The highest BCUT2D eigenvalue weighted by Gasteiger charge is 2.27. The number of hydrogen-bond donors (Lipinski definition) is 0. The van der Waals surface area contributed by atoms with E-state index >= 15 is 0 Å². The van der Waals surface area contributed by atoms with Gasteiger partial charge in [-0.2, -0.15) is 0 Å². The van der Waals surface area contributed by atoms with E-state index in [4.69, 9.17) is 4.43 Å². The Morgan fingerprint density at radius 1 is 0.864 bits per heavy atom. The van der Waals surface area contributed by atoms with E-state index in [0.717, 1.165) is 6.61 Å². The molecule has 0 aliphatic carbocycles. The summed E-state index contributed by atoms with van der Waals surface area (Å²) in [7, 11) is 8.39. The number of nitrogens with zero attached hydrogens (tertiary/aromatic N) is 2. The number of hydrogen-bond acceptors (Lipinski definition) is 3. The van der Waals surface area contributed by atoms with Crippen LogP contribution in [0.3, 0.4) is 0 Å². The third-order valence-electron chi connectivity index (χ3n) is 4.79. The second kappa shape index (κ2) is 13.5. The van der Waals surface area contributed by atoms with Crippen LogP contribution in [0.5, 0.6) is 0 Å². The highest BCUT2D eigenvalue weighted by Crippen LogP contribution is 2.37. The van der Waals surface area contributed by atoms with Crippen LogP contribution in [0.25, 0.3) is 0 Å². The van der Waals surface area contributed by atoms with E-state index in [1.54, 1.807) is 0 Å². The van der Waals surface area contributed by atoms with E-state index in [2.05, 4.69) is 51.8 Å². The summed E-state index contributed by atoms with van der Waals surface area (Å²) in [5.41, 5.74) is 0.546. The van der Waals surface area contributed by atoms with Crippen molar-refractivity contribution in [1.82, 2.24) is 9.80 Å². The Morgan fingerprint density at radius 2 is 1.41 bits per heavy atom. The van der Waals surface area contributed by atoms with E-state index in [9.17, 15) is 0 Å². The van der Waals surface area contributed by atoms with E-state index < -0.39 is 0 Å². The van der Waals surface area contributed by atoms with Crippen LogP contribution in [-0.4, -0.2) is 67.5 Å². The predicted molar refractivity (Wildman–Crippen MR) is 103 cm³/mol. The zero-order chi connectivity index (χ0) is 16.8. The van der Waals surface area contributed by atoms with Gasteiger partial charge in [0.1, 0.15) is 0 Å². The van der Waals surface area contributed by atoms with Crippen molar-refractivity contribution in [2.45, 2.75) is 64.8 Å². The Kier molecular flexibility index (Phi) is 13.6. The molecule has 0 amide bonds. The van der Waals surface area contributed by atoms with Gasteiger partial charge in [0.2, 0.25) is 0 Å². The van der Waals surface area contributed by atoms with Gasteiger partial charge in [0.05, 0.1) is 0 Å². The third kappa shape index (κ3) is 11.6. The minimum Gasteiger partial charge on any atom is -0.424 e. The van der Waals surface area contributed by atoms with Gasteiger partial charge >= 0.3 is 0 Å². The first-order valence-electron chi connectivity index (χ1n) is 9.33. The van der Waals surface area contributed by atoms with Gasteiger partial charge in [-0.3, -0.25) is 0 Å². The molecular weight excluding hydrogens is 288 g/mol. The van der Waals surface area contributed by atoms with Crippen LogP contribution >= 0.6 is 0 Å². The van der Waals surface area contributed by atoms with Crippen LogP contribution in [0.1, 0.15) is 58.8 Å². The van der Waals surface area contributed by atoms with Gasteiger partial charge in [0.25, 0.3) is 0 Å². The van der Waals surface area contributed by atoms with Gasteiger partial charge in [0.15, 0.2) is 9.76 Å². The van der Waals surface area contributed by atoms with Crippen LogP contribution < -0.4 is 0 Å². The summed E-state index contributed by atoms with van der Waals surface area (Å²) < 4.78 is 6.00. The van der Waals surface area contributed by atoms with Crippen molar-refractivity contribution >= 4 is 9.76 Å². The lowest BCUT2D eigenvalue weighted by Gasteiger charge is -2.34. The SMILES string of the molecule is CCCCO[SiH2]CC(CC)(CCCN(C)C)CCCN(C)C. The van der Waals surface area contributed by atoms with Gasteiger partial charge in [-0.25, -0.2) is 0 Å². The Bertz CT molecular complexity index is 233. The standard InChI is InChI=1S/C18H42N2OSi/c1-7-9-16-21-22-17-18(8-2,12-10-14-19(3)4)13-11-15-20(5)6/h7-17,22H2,1-6H3. The highest BCUT2D eigenvalue weighted by atomic mass is 28.2. The summed E-state index contributed by atoms with van der Waals surface area (Å²) in [6.07, 6.45) is 9.20. The smallest absolute Gasteiger partial charge is 0.162 e. The van der Waals surface area contributed by atoms with Gasteiger partial charge in [-0.05, 0) is 84.8 Å². The Balaban J connectivity index is 4.34. The monoisotopic (exact) mass is 330 g/mol. The molecule has 0 fully saturated rings. The van der Waals surface area contributed by atoms with E-state index in [-0.39, 0.29) is 9.76 Å². The van der Waals surface area contributed by atoms with Crippen molar-refractivity contribution in [2.24, 2.45) is 5.41 Å². The summed E-state index contributed by atoms with van der Waals surface area (Å²) in [5.74, 6) is 0.